The lowest BCUT2D eigenvalue weighted by Crippen LogP contribution is -2.15. The van der Waals surface area contributed by atoms with E-state index in [9.17, 15) is 9.18 Å². The molecule has 0 atom stereocenters. The molecule has 1 aromatic heterocycles. The van der Waals surface area contributed by atoms with Crippen LogP contribution in [0.15, 0.2) is 84.0 Å². The second-order valence-electron chi connectivity index (χ2n) is 6.59. The zero-order chi connectivity index (χ0) is 19.1. The number of rotatable bonds is 3. The minimum atomic E-state index is -0.269. The molecule has 0 fully saturated rings. The molecule has 0 radical (unpaired) electrons. The maximum atomic E-state index is 13.2. The third-order valence-corrected chi connectivity index (χ3v) is 4.80. The molecule has 0 unspecified atom stereocenters. The predicted octanol–water partition coefficient (Wildman–Crippen LogP) is 3.87. The Labute approximate surface area is 159 Å². The summed E-state index contributed by atoms with van der Waals surface area (Å²) in [7, 11) is 0. The Balaban J connectivity index is 1.75. The molecule has 2 aromatic carbocycles. The largest absolute Gasteiger partial charge is 0.342 e. The van der Waals surface area contributed by atoms with Crippen molar-refractivity contribution < 1.29 is 4.39 Å². The van der Waals surface area contributed by atoms with Gasteiger partial charge < -0.3 is 4.57 Å². The van der Waals surface area contributed by atoms with Crippen molar-refractivity contribution in [2.75, 3.05) is 0 Å². The van der Waals surface area contributed by atoms with Gasteiger partial charge >= 0.3 is 0 Å². The van der Waals surface area contributed by atoms with Crippen LogP contribution in [-0.4, -0.2) is 19.3 Å². The molecule has 5 rings (SSSR count). The van der Waals surface area contributed by atoms with Crippen molar-refractivity contribution in [3.05, 3.63) is 101 Å². The van der Waals surface area contributed by atoms with E-state index in [1.165, 1.54) is 16.8 Å². The lowest BCUT2D eigenvalue weighted by atomic mass is 10.1. The zero-order valence-electron chi connectivity index (χ0n) is 14.8. The molecule has 0 N–H and O–H groups in total. The molecule has 0 saturated heterocycles. The van der Waals surface area contributed by atoms with Crippen molar-refractivity contribution in [3.8, 4) is 16.9 Å². The molecular weight excluding hydrogens is 355 g/mol. The van der Waals surface area contributed by atoms with E-state index in [4.69, 9.17) is 0 Å². The normalized spacial score (nSPS) is 11.3. The van der Waals surface area contributed by atoms with Crippen LogP contribution in [0, 0.1) is 5.82 Å². The van der Waals surface area contributed by atoms with Crippen molar-refractivity contribution >= 4 is 10.9 Å². The Morgan fingerprint density at radius 2 is 1.68 bits per heavy atom. The first-order valence-electron chi connectivity index (χ1n) is 8.86. The van der Waals surface area contributed by atoms with Gasteiger partial charge in [-0.1, -0.05) is 30.3 Å². The molecule has 2 aliphatic rings. The first kappa shape index (κ1) is 16.4. The van der Waals surface area contributed by atoms with Crippen molar-refractivity contribution in [2.24, 2.45) is 0 Å². The smallest absolute Gasteiger partial charge is 0.282 e. The Hall–Kier alpha value is -3.80. The van der Waals surface area contributed by atoms with Gasteiger partial charge in [-0.15, -0.1) is 0 Å². The summed E-state index contributed by atoms with van der Waals surface area (Å²) < 4.78 is 16.6. The molecule has 0 amide bonds. The quantitative estimate of drug-likeness (QED) is 0.484. The number of benzene rings is 2. The van der Waals surface area contributed by atoms with Crippen LogP contribution >= 0.6 is 0 Å². The van der Waals surface area contributed by atoms with Crippen LogP contribution < -0.4 is 5.56 Å². The van der Waals surface area contributed by atoms with E-state index >= 15 is 0 Å². The Bertz CT molecular complexity index is 1310. The third-order valence-electron chi connectivity index (χ3n) is 4.80. The molecule has 3 aromatic rings. The molecule has 0 bridgehead atoms. The van der Waals surface area contributed by atoms with Gasteiger partial charge in [-0.25, -0.2) is 4.39 Å². The minimum Gasteiger partial charge on any atom is -0.342 e. The van der Waals surface area contributed by atoms with E-state index < -0.39 is 0 Å². The predicted molar refractivity (Wildman–Crippen MR) is 105 cm³/mol. The number of fused-ring (bicyclic) bond motifs is 3. The zero-order valence-corrected chi connectivity index (χ0v) is 14.8. The number of hydrogen-bond acceptors (Lipinski definition) is 3. The second-order valence-corrected chi connectivity index (χ2v) is 6.59. The highest BCUT2D eigenvalue weighted by Crippen LogP contribution is 2.28. The van der Waals surface area contributed by atoms with Gasteiger partial charge in [0.05, 0.1) is 16.8 Å². The van der Waals surface area contributed by atoms with E-state index in [-0.39, 0.29) is 11.4 Å². The Kier molecular flexibility index (Phi) is 3.76. The second kappa shape index (κ2) is 6.42. The number of halogens is 1. The van der Waals surface area contributed by atoms with Gasteiger partial charge in [0.15, 0.2) is 0 Å². The van der Waals surface area contributed by atoms with Gasteiger partial charge in [-0.3, -0.25) is 9.78 Å². The number of para-hydroxylation sites is 1. The van der Waals surface area contributed by atoms with E-state index in [1.807, 2.05) is 35.0 Å². The summed E-state index contributed by atoms with van der Waals surface area (Å²) in [5.41, 5.74) is 3.60. The summed E-state index contributed by atoms with van der Waals surface area (Å²) >= 11 is 0. The summed E-state index contributed by atoms with van der Waals surface area (Å²) in [4.78, 5) is 17.0. The van der Waals surface area contributed by atoms with Crippen LogP contribution in [0.2, 0.25) is 0 Å². The minimum absolute atomic E-state index is 0.181. The van der Waals surface area contributed by atoms with Gasteiger partial charge in [0, 0.05) is 30.5 Å². The number of pyridine rings is 2. The van der Waals surface area contributed by atoms with E-state index in [0.29, 0.717) is 23.5 Å². The SMILES string of the molecule is O=c1c2cn(Cc3ccc(F)cc3)c3ccccc3c-2nn1-c1ccncc1. The molecule has 6 heteroatoms. The van der Waals surface area contributed by atoms with Crippen LogP contribution in [0.5, 0.6) is 0 Å². The molecule has 136 valence electrons. The molecular formula is C22H15FN4O. The summed E-state index contributed by atoms with van der Waals surface area (Å²) in [5, 5.41) is 5.48. The molecule has 0 spiro atoms. The van der Waals surface area contributed by atoms with Crippen molar-refractivity contribution in [1.29, 1.82) is 0 Å². The first-order chi connectivity index (χ1) is 13.7. The van der Waals surface area contributed by atoms with E-state index in [0.717, 1.165) is 16.5 Å². The average Bonchev–Trinajstić information content (AvgIpc) is 3.07. The lowest BCUT2D eigenvalue weighted by molar-refractivity contribution is 0.626. The van der Waals surface area contributed by atoms with Crippen LogP contribution in [0.25, 0.3) is 27.8 Å². The van der Waals surface area contributed by atoms with E-state index in [2.05, 4.69) is 10.1 Å². The molecule has 28 heavy (non-hydrogen) atoms. The number of hydrogen-bond donors (Lipinski definition) is 0. The van der Waals surface area contributed by atoms with Gasteiger partial charge in [0.1, 0.15) is 11.5 Å². The van der Waals surface area contributed by atoms with Gasteiger partial charge in [0.2, 0.25) is 0 Å². The number of nitrogens with zero attached hydrogens (tertiary/aromatic N) is 4. The van der Waals surface area contributed by atoms with Crippen molar-refractivity contribution in [1.82, 2.24) is 19.3 Å². The van der Waals surface area contributed by atoms with Crippen LogP contribution in [-0.2, 0) is 6.54 Å². The molecule has 0 saturated carbocycles. The Morgan fingerprint density at radius 3 is 2.46 bits per heavy atom. The van der Waals surface area contributed by atoms with Crippen LogP contribution in [0.4, 0.5) is 4.39 Å². The van der Waals surface area contributed by atoms with Crippen molar-refractivity contribution in [2.45, 2.75) is 6.54 Å². The van der Waals surface area contributed by atoms with Crippen LogP contribution in [0.1, 0.15) is 5.56 Å². The molecule has 5 nitrogen and oxygen atoms in total. The average molecular weight is 370 g/mol. The fraction of sp³-hybridized carbons (Fsp3) is 0.0455. The highest BCUT2D eigenvalue weighted by atomic mass is 19.1. The molecule has 3 heterocycles. The van der Waals surface area contributed by atoms with Gasteiger partial charge in [-0.2, -0.15) is 9.78 Å². The lowest BCUT2D eigenvalue weighted by Gasteiger charge is -2.13. The number of aromatic nitrogens is 4. The van der Waals surface area contributed by atoms with Gasteiger partial charge in [0.25, 0.3) is 5.56 Å². The highest BCUT2D eigenvalue weighted by molar-refractivity contribution is 5.93. The monoisotopic (exact) mass is 370 g/mol. The summed E-state index contributed by atoms with van der Waals surface area (Å²) in [5.74, 6) is -0.269. The molecule has 0 aliphatic carbocycles. The van der Waals surface area contributed by atoms with E-state index in [1.54, 1.807) is 36.7 Å². The van der Waals surface area contributed by atoms with Crippen LogP contribution in [0.3, 0.4) is 0 Å². The summed E-state index contributed by atoms with van der Waals surface area (Å²) in [6, 6.07) is 17.7. The Morgan fingerprint density at radius 1 is 0.929 bits per heavy atom. The van der Waals surface area contributed by atoms with Gasteiger partial charge in [-0.05, 0) is 35.9 Å². The fourth-order valence-electron chi connectivity index (χ4n) is 3.46. The third kappa shape index (κ3) is 2.66. The first-order valence-corrected chi connectivity index (χ1v) is 8.86. The summed E-state index contributed by atoms with van der Waals surface area (Å²) in [6.45, 7) is 0.524. The standard InChI is InChI=1S/C22H15FN4O/c23-16-7-5-15(6-8-16)13-26-14-19-21(18-3-1-2-4-20(18)26)25-27(22(19)28)17-9-11-24-12-10-17/h1-12,14H,13H2. The highest BCUT2D eigenvalue weighted by Gasteiger charge is 2.20. The van der Waals surface area contributed by atoms with Crippen molar-refractivity contribution in [3.63, 3.8) is 0 Å². The molecule has 2 aliphatic heterocycles. The summed E-state index contributed by atoms with van der Waals surface area (Å²) in [6.07, 6.45) is 5.09. The fourth-order valence-corrected chi connectivity index (χ4v) is 3.46. The topological polar surface area (TPSA) is 52.7 Å². The maximum absolute atomic E-state index is 13.2. The maximum Gasteiger partial charge on any atom is 0.282 e.